The van der Waals surface area contributed by atoms with E-state index in [0.29, 0.717) is 6.61 Å². The van der Waals surface area contributed by atoms with Crippen molar-refractivity contribution in [2.45, 2.75) is 6.92 Å². The van der Waals surface area contributed by atoms with Gasteiger partial charge in [-0.15, -0.1) is 0 Å². The molecule has 0 bridgehead atoms. The van der Waals surface area contributed by atoms with Gasteiger partial charge >= 0.3 is 0 Å². The Balaban J connectivity index is 3.10. The number of nitrogens with zero attached hydrogens (tertiary/aromatic N) is 2. The summed E-state index contributed by atoms with van der Waals surface area (Å²) in [5.41, 5.74) is 5.42. The smallest absolute Gasteiger partial charge is 0.259 e. The molecule has 0 aliphatic heterocycles. The number of nitrogens with two attached hydrogens (primary N) is 1. The van der Waals surface area contributed by atoms with Crippen LogP contribution in [-0.4, -0.2) is 21.8 Å². The molecule has 1 aromatic heterocycles. The molecule has 0 unspecified atom stereocenters. The number of rotatable bonds is 3. The highest BCUT2D eigenvalue weighted by Crippen LogP contribution is 2.17. The lowest BCUT2D eigenvalue weighted by molar-refractivity contribution is 0.107. The molecule has 0 aliphatic rings. The van der Waals surface area contributed by atoms with Gasteiger partial charge in [0.05, 0.1) is 6.61 Å². The third-order valence-electron chi connectivity index (χ3n) is 1.27. The number of hydrogen-bond acceptors (Lipinski definition) is 5. The molecule has 0 aromatic carbocycles. The van der Waals surface area contributed by atoms with Gasteiger partial charge in [-0.05, 0) is 18.5 Å². The first kappa shape index (κ1) is 9.73. The van der Waals surface area contributed by atoms with Gasteiger partial charge in [-0.3, -0.25) is 4.79 Å². The molecule has 13 heavy (non-hydrogen) atoms. The highest BCUT2D eigenvalue weighted by Gasteiger charge is 2.12. The first-order valence-corrected chi connectivity index (χ1v) is 3.98. The number of carbonyl (C=O) groups excluding carboxylic acids is 1. The Kier molecular flexibility index (Phi) is 3.02. The molecular formula is C7H8ClN3O2. The molecule has 1 heterocycles. The molecule has 6 heteroatoms. The zero-order valence-corrected chi connectivity index (χ0v) is 7.71. The van der Waals surface area contributed by atoms with E-state index in [1.165, 1.54) is 6.20 Å². The summed E-state index contributed by atoms with van der Waals surface area (Å²) in [7, 11) is 0. The van der Waals surface area contributed by atoms with Crippen LogP contribution in [0.25, 0.3) is 0 Å². The predicted octanol–water partition coefficient (Wildman–Crippen LogP) is 0.836. The molecule has 1 rings (SSSR count). The summed E-state index contributed by atoms with van der Waals surface area (Å²) in [5, 5.41) is -0.663. The SMILES string of the molecule is CCOc1nc(N)ncc1C(=O)Cl. The number of aromatic nitrogens is 2. The Morgan fingerprint density at radius 1 is 1.77 bits per heavy atom. The molecule has 0 fully saturated rings. The first-order valence-electron chi connectivity index (χ1n) is 3.60. The van der Waals surface area contributed by atoms with Gasteiger partial charge in [0, 0.05) is 6.20 Å². The van der Waals surface area contributed by atoms with E-state index in [9.17, 15) is 4.79 Å². The quantitative estimate of drug-likeness (QED) is 0.733. The lowest BCUT2D eigenvalue weighted by atomic mass is 10.3. The Labute approximate surface area is 79.9 Å². The van der Waals surface area contributed by atoms with Crippen LogP contribution in [0.5, 0.6) is 5.88 Å². The highest BCUT2D eigenvalue weighted by atomic mass is 35.5. The van der Waals surface area contributed by atoms with Gasteiger partial charge < -0.3 is 10.5 Å². The fraction of sp³-hybridized carbons (Fsp3) is 0.286. The van der Waals surface area contributed by atoms with Crippen LogP contribution < -0.4 is 10.5 Å². The van der Waals surface area contributed by atoms with Crippen molar-refractivity contribution in [1.82, 2.24) is 9.97 Å². The minimum atomic E-state index is -0.663. The van der Waals surface area contributed by atoms with Gasteiger partial charge in [-0.25, -0.2) is 4.98 Å². The van der Waals surface area contributed by atoms with E-state index in [1.54, 1.807) is 6.92 Å². The zero-order valence-electron chi connectivity index (χ0n) is 6.95. The topological polar surface area (TPSA) is 78.1 Å². The van der Waals surface area contributed by atoms with Crippen molar-refractivity contribution >= 4 is 22.8 Å². The predicted molar refractivity (Wildman–Crippen MR) is 47.8 cm³/mol. The molecule has 1 aromatic rings. The van der Waals surface area contributed by atoms with Gasteiger partial charge in [0.25, 0.3) is 5.24 Å². The molecule has 0 spiro atoms. The molecule has 0 saturated heterocycles. The Morgan fingerprint density at radius 2 is 2.46 bits per heavy atom. The van der Waals surface area contributed by atoms with Crippen LogP contribution in [0.4, 0.5) is 5.95 Å². The van der Waals surface area contributed by atoms with Crippen molar-refractivity contribution in [2.24, 2.45) is 0 Å². The van der Waals surface area contributed by atoms with Gasteiger partial charge in [0.15, 0.2) is 0 Å². The summed E-state index contributed by atoms with van der Waals surface area (Å²) in [6.45, 7) is 2.15. The van der Waals surface area contributed by atoms with Crippen LogP contribution in [0.3, 0.4) is 0 Å². The van der Waals surface area contributed by atoms with E-state index in [4.69, 9.17) is 22.1 Å². The zero-order chi connectivity index (χ0) is 9.84. The summed E-state index contributed by atoms with van der Waals surface area (Å²) in [6.07, 6.45) is 1.24. The molecule has 5 nitrogen and oxygen atoms in total. The molecule has 0 amide bonds. The highest BCUT2D eigenvalue weighted by molar-refractivity contribution is 6.68. The summed E-state index contributed by atoms with van der Waals surface area (Å²) < 4.78 is 5.04. The van der Waals surface area contributed by atoms with Gasteiger partial charge in [0.1, 0.15) is 5.56 Å². The van der Waals surface area contributed by atoms with Crippen LogP contribution >= 0.6 is 11.6 Å². The monoisotopic (exact) mass is 201 g/mol. The maximum atomic E-state index is 10.8. The van der Waals surface area contributed by atoms with Crippen molar-refractivity contribution in [2.75, 3.05) is 12.3 Å². The van der Waals surface area contributed by atoms with E-state index in [1.807, 2.05) is 0 Å². The molecule has 0 atom stereocenters. The second-order valence-electron chi connectivity index (χ2n) is 2.15. The van der Waals surface area contributed by atoms with Crippen LogP contribution in [-0.2, 0) is 0 Å². The number of hydrogen-bond donors (Lipinski definition) is 1. The van der Waals surface area contributed by atoms with Crippen molar-refractivity contribution in [1.29, 1.82) is 0 Å². The molecule has 0 saturated carbocycles. The fourth-order valence-corrected chi connectivity index (χ4v) is 0.890. The Hall–Kier alpha value is -1.36. The molecule has 2 N–H and O–H groups in total. The summed E-state index contributed by atoms with van der Waals surface area (Å²) >= 11 is 5.26. The maximum absolute atomic E-state index is 10.8. The van der Waals surface area contributed by atoms with E-state index >= 15 is 0 Å². The summed E-state index contributed by atoms with van der Waals surface area (Å²) in [6, 6.07) is 0. The number of carbonyl (C=O) groups is 1. The second-order valence-corrected chi connectivity index (χ2v) is 2.50. The first-order chi connectivity index (χ1) is 6.15. The van der Waals surface area contributed by atoms with Gasteiger partial charge in [0.2, 0.25) is 11.8 Å². The van der Waals surface area contributed by atoms with Crippen molar-refractivity contribution < 1.29 is 9.53 Å². The second kappa shape index (κ2) is 4.04. The van der Waals surface area contributed by atoms with Crippen molar-refractivity contribution in [3.05, 3.63) is 11.8 Å². The number of halogens is 1. The average molecular weight is 202 g/mol. The Bertz CT molecular complexity index is 330. The van der Waals surface area contributed by atoms with Gasteiger partial charge in [-0.2, -0.15) is 4.98 Å². The van der Waals surface area contributed by atoms with E-state index in [0.717, 1.165) is 0 Å². The maximum Gasteiger partial charge on any atom is 0.259 e. The Morgan fingerprint density at radius 3 is 3.00 bits per heavy atom. The molecule has 70 valence electrons. The third kappa shape index (κ3) is 2.29. The largest absolute Gasteiger partial charge is 0.477 e. The fourth-order valence-electron chi connectivity index (χ4n) is 0.761. The van der Waals surface area contributed by atoms with E-state index < -0.39 is 5.24 Å². The van der Waals surface area contributed by atoms with Crippen molar-refractivity contribution in [3.8, 4) is 5.88 Å². The summed E-state index contributed by atoms with van der Waals surface area (Å²) in [5.74, 6) is 0.167. The average Bonchev–Trinajstić information content (AvgIpc) is 2.04. The van der Waals surface area contributed by atoms with Crippen LogP contribution in [0.1, 0.15) is 17.3 Å². The van der Waals surface area contributed by atoms with Crippen molar-refractivity contribution in [3.63, 3.8) is 0 Å². The minimum Gasteiger partial charge on any atom is -0.477 e. The minimum absolute atomic E-state index is 0.0464. The van der Waals surface area contributed by atoms with Crippen LogP contribution in [0.15, 0.2) is 6.20 Å². The van der Waals surface area contributed by atoms with Gasteiger partial charge in [-0.1, -0.05) is 0 Å². The molecule has 0 radical (unpaired) electrons. The third-order valence-corrected chi connectivity index (χ3v) is 1.47. The lowest BCUT2D eigenvalue weighted by Gasteiger charge is -2.04. The number of nitrogen functional groups attached to an aromatic ring is 1. The normalized spacial score (nSPS) is 9.69. The number of ether oxygens (including phenoxy) is 1. The van der Waals surface area contributed by atoms with Crippen LogP contribution in [0.2, 0.25) is 0 Å². The lowest BCUT2D eigenvalue weighted by Crippen LogP contribution is -2.05. The molecular weight excluding hydrogens is 194 g/mol. The van der Waals surface area contributed by atoms with Crippen LogP contribution in [0, 0.1) is 0 Å². The number of anilines is 1. The standard InChI is InChI=1S/C7H8ClN3O2/c1-2-13-6-4(5(8)12)3-10-7(9)11-6/h3H,2H2,1H3,(H2,9,10,11). The summed E-state index contributed by atoms with van der Waals surface area (Å²) in [4.78, 5) is 18.2. The van der Waals surface area contributed by atoms with E-state index in [2.05, 4.69) is 9.97 Å². The molecule has 0 aliphatic carbocycles. The van der Waals surface area contributed by atoms with E-state index in [-0.39, 0.29) is 17.4 Å².